The summed E-state index contributed by atoms with van der Waals surface area (Å²) in [6.07, 6.45) is 0. The number of hydrogen-bond donors (Lipinski definition) is 1. The summed E-state index contributed by atoms with van der Waals surface area (Å²) in [4.78, 5) is 0. The molecule has 0 amide bonds. The number of benzene rings is 1. The molecule has 11 heavy (non-hydrogen) atoms. The van der Waals surface area contributed by atoms with E-state index in [1.54, 1.807) is 0 Å². The van der Waals surface area contributed by atoms with E-state index in [0.29, 0.717) is 5.02 Å². The zero-order valence-corrected chi connectivity index (χ0v) is 11.1. The zero-order chi connectivity index (χ0) is 7.72. The van der Waals surface area contributed by atoms with Gasteiger partial charge in [-0.2, -0.15) is 0 Å². The largest absolute Gasteiger partial charge is 1.00 e. The molecular formula is C6H3Cl3KO+. The third kappa shape index (κ3) is 3.41. The van der Waals surface area contributed by atoms with E-state index >= 15 is 0 Å². The normalized spacial score (nSPS) is 9.00. The predicted octanol–water partition coefficient (Wildman–Crippen LogP) is 0.356. The summed E-state index contributed by atoms with van der Waals surface area (Å²) in [6, 6.07) is 2.84. The number of phenols is 1. The Labute approximate surface area is 122 Å². The first-order valence-corrected chi connectivity index (χ1v) is 3.58. The van der Waals surface area contributed by atoms with Crippen molar-refractivity contribution in [2.45, 2.75) is 0 Å². The summed E-state index contributed by atoms with van der Waals surface area (Å²) in [5, 5.41) is 9.75. The SMILES string of the molecule is Oc1c(Cl)cc(Cl)cc1Cl.[K+]. The van der Waals surface area contributed by atoms with E-state index in [-0.39, 0.29) is 67.2 Å². The van der Waals surface area contributed by atoms with Crippen LogP contribution in [0.5, 0.6) is 5.75 Å². The molecule has 1 N–H and O–H groups in total. The van der Waals surface area contributed by atoms with Gasteiger partial charge < -0.3 is 5.11 Å². The molecule has 5 heteroatoms. The molecule has 1 rings (SSSR count). The Morgan fingerprint density at radius 3 is 1.73 bits per heavy atom. The topological polar surface area (TPSA) is 20.2 Å². The standard InChI is InChI=1S/C6H3Cl3O.K/c7-3-1-4(8)6(10)5(9)2-3;/h1-2,10H;/q;+1. The molecule has 0 heterocycles. The quantitative estimate of drug-likeness (QED) is 0.645. The molecule has 0 aliphatic rings. The van der Waals surface area contributed by atoms with Crippen molar-refractivity contribution in [2.24, 2.45) is 0 Å². The van der Waals surface area contributed by atoms with Crippen LogP contribution in [0.2, 0.25) is 15.1 Å². The minimum Gasteiger partial charge on any atom is -0.505 e. The van der Waals surface area contributed by atoms with Crippen LogP contribution in [0.4, 0.5) is 0 Å². The van der Waals surface area contributed by atoms with E-state index in [1.165, 1.54) is 12.1 Å². The Hall–Kier alpha value is 1.53. The van der Waals surface area contributed by atoms with Gasteiger partial charge in [-0.25, -0.2) is 0 Å². The van der Waals surface area contributed by atoms with Crippen molar-refractivity contribution in [3.63, 3.8) is 0 Å². The van der Waals surface area contributed by atoms with Crippen molar-refractivity contribution in [1.29, 1.82) is 0 Å². The van der Waals surface area contributed by atoms with Crippen LogP contribution in [0.3, 0.4) is 0 Å². The van der Waals surface area contributed by atoms with Crippen molar-refractivity contribution in [3.05, 3.63) is 27.2 Å². The second-order valence-corrected chi connectivity index (χ2v) is 2.97. The van der Waals surface area contributed by atoms with E-state index in [1.807, 2.05) is 0 Å². The van der Waals surface area contributed by atoms with Crippen LogP contribution < -0.4 is 51.4 Å². The van der Waals surface area contributed by atoms with Crippen molar-refractivity contribution in [2.75, 3.05) is 0 Å². The number of phenolic OH excluding ortho intramolecular Hbond substituents is 1. The van der Waals surface area contributed by atoms with Gasteiger partial charge in [0.25, 0.3) is 0 Å². The van der Waals surface area contributed by atoms with Gasteiger partial charge in [-0.15, -0.1) is 0 Å². The summed E-state index contributed by atoms with van der Waals surface area (Å²) >= 11 is 16.5. The summed E-state index contributed by atoms with van der Waals surface area (Å²) < 4.78 is 0. The van der Waals surface area contributed by atoms with Crippen molar-refractivity contribution < 1.29 is 56.5 Å². The van der Waals surface area contributed by atoms with Gasteiger partial charge in [-0.05, 0) is 12.1 Å². The molecule has 0 spiro atoms. The third-order valence-corrected chi connectivity index (χ3v) is 1.78. The molecule has 0 aliphatic heterocycles. The van der Waals surface area contributed by atoms with Gasteiger partial charge in [0, 0.05) is 5.02 Å². The maximum absolute atomic E-state index is 9.01. The average Bonchev–Trinajstić information content (AvgIpc) is 1.82. The molecule has 0 unspecified atom stereocenters. The van der Waals surface area contributed by atoms with Crippen LogP contribution in [0.25, 0.3) is 0 Å². The fraction of sp³-hybridized carbons (Fsp3) is 0. The van der Waals surface area contributed by atoms with Gasteiger partial charge in [0.2, 0.25) is 0 Å². The molecule has 1 nitrogen and oxygen atoms in total. The summed E-state index contributed by atoms with van der Waals surface area (Å²) in [6.45, 7) is 0. The molecule has 0 aliphatic carbocycles. The fourth-order valence-corrected chi connectivity index (χ4v) is 1.35. The van der Waals surface area contributed by atoms with Crippen LogP contribution >= 0.6 is 34.8 Å². The van der Waals surface area contributed by atoms with E-state index in [2.05, 4.69) is 0 Å². The van der Waals surface area contributed by atoms with Crippen molar-refractivity contribution >= 4 is 34.8 Å². The van der Waals surface area contributed by atoms with Gasteiger partial charge >= 0.3 is 51.4 Å². The van der Waals surface area contributed by atoms with Crippen molar-refractivity contribution in [3.8, 4) is 5.75 Å². The van der Waals surface area contributed by atoms with Gasteiger partial charge in [0.15, 0.2) is 5.75 Å². The average molecular weight is 237 g/mol. The Balaban J connectivity index is 0.000001000. The van der Waals surface area contributed by atoms with Crippen LogP contribution in [0.15, 0.2) is 12.1 Å². The Morgan fingerprint density at radius 2 is 1.36 bits per heavy atom. The molecule has 1 aromatic carbocycles. The number of rotatable bonds is 0. The maximum atomic E-state index is 9.01. The molecule has 0 atom stereocenters. The number of halogens is 3. The van der Waals surface area contributed by atoms with Crippen LogP contribution in [0, 0.1) is 0 Å². The predicted molar refractivity (Wildman–Crippen MR) is 43.1 cm³/mol. The second-order valence-electron chi connectivity index (χ2n) is 1.72. The first-order valence-electron chi connectivity index (χ1n) is 2.45. The van der Waals surface area contributed by atoms with Crippen LogP contribution in [-0.4, -0.2) is 5.11 Å². The molecule has 1 aromatic rings. The number of hydrogen-bond acceptors (Lipinski definition) is 1. The maximum Gasteiger partial charge on any atom is 1.00 e. The van der Waals surface area contributed by atoms with Crippen molar-refractivity contribution in [1.82, 2.24) is 0 Å². The minimum atomic E-state index is -0.132. The molecule has 0 fully saturated rings. The summed E-state index contributed by atoms with van der Waals surface area (Å²) in [5.41, 5.74) is 0. The molecule has 0 bridgehead atoms. The molecule has 54 valence electrons. The molecule has 0 saturated heterocycles. The Bertz CT molecular complexity index is 241. The van der Waals surface area contributed by atoms with E-state index in [9.17, 15) is 0 Å². The van der Waals surface area contributed by atoms with Crippen LogP contribution in [0.1, 0.15) is 0 Å². The molecule has 0 aromatic heterocycles. The third-order valence-electron chi connectivity index (χ3n) is 0.982. The Kier molecular flexibility index (Phi) is 6.03. The Morgan fingerprint density at radius 1 is 1.00 bits per heavy atom. The van der Waals surface area contributed by atoms with Gasteiger partial charge in [0.1, 0.15) is 0 Å². The van der Waals surface area contributed by atoms with Gasteiger partial charge in [-0.3, -0.25) is 0 Å². The number of aromatic hydroxyl groups is 1. The molecule has 0 saturated carbocycles. The minimum absolute atomic E-state index is 0. The summed E-state index contributed by atoms with van der Waals surface area (Å²) in [7, 11) is 0. The van der Waals surface area contributed by atoms with E-state index in [4.69, 9.17) is 39.9 Å². The van der Waals surface area contributed by atoms with E-state index < -0.39 is 0 Å². The summed E-state index contributed by atoms with van der Waals surface area (Å²) in [5.74, 6) is -0.132. The second kappa shape index (κ2) is 5.30. The van der Waals surface area contributed by atoms with E-state index in [0.717, 1.165) is 0 Å². The smallest absolute Gasteiger partial charge is 0.505 e. The fourth-order valence-electron chi connectivity index (χ4n) is 0.535. The molecular weight excluding hydrogens is 234 g/mol. The monoisotopic (exact) mass is 235 g/mol. The zero-order valence-electron chi connectivity index (χ0n) is 5.74. The van der Waals surface area contributed by atoms with Crippen LogP contribution in [-0.2, 0) is 0 Å². The first-order chi connectivity index (χ1) is 4.61. The van der Waals surface area contributed by atoms with Gasteiger partial charge in [0.05, 0.1) is 10.0 Å². The first kappa shape index (κ1) is 12.5. The molecule has 0 radical (unpaired) electrons. The van der Waals surface area contributed by atoms with Gasteiger partial charge in [-0.1, -0.05) is 34.8 Å².